The molecule has 1 aliphatic heterocycles. The second kappa shape index (κ2) is 6.34. The van der Waals surface area contributed by atoms with Gasteiger partial charge in [-0.1, -0.05) is 12.1 Å². The van der Waals surface area contributed by atoms with Crippen LogP contribution in [0.15, 0.2) is 29.2 Å². The van der Waals surface area contributed by atoms with Gasteiger partial charge in [-0.3, -0.25) is 0 Å². The average molecular weight is 310 g/mol. The van der Waals surface area contributed by atoms with Gasteiger partial charge < -0.3 is 10.1 Å². The number of ether oxygens (including phenoxy) is 1. The molecule has 2 aliphatic rings. The molecule has 21 heavy (non-hydrogen) atoms. The van der Waals surface area contributed by atoms with E-state index in [9.17, 15) is 8.42 Å². The third-order valence-electron chi connectivity index (χ3n) is 3.87. The highest BCUT2D eigenvalue weighted by molar-refractivity contribution is 7.89. The molecule has 1 saturated carbocycles. The van der Waals surface area contributed by atoms with Crippen molar-refractivity contribution in [2.24, 2.45) is 0 Å². The summed E-state index contributed by atoms with van der Waals surface area (Å²) in [5.41, 5.74) is 0.653. The molecule has 0 bridgehead atoms. The van der Waals surface area contributed by atoms with Gasteiger partial charge in [0, 0.05) is 19.2 Å². The number of anilines is 1. The summed E-state index contributed by atoms with van der Waals surface area (Å²) < 4.78 is 33.1. The number of hydrogen-bond acceptors (Lipinski definition) is 4. The quantitative estimate of drug-likeness (QED) is 0.844. The number of para-hydroxylation sites is 1. The molecule has 116 valence electrons. The minimum atomic E-state index is -3.43. The van der Waals surface area contributed by atoms with Crippen molar-refractivity contribution in [2.45, 2.75) is 49.1 Å². The predicted molar refractivity (Wildman–Crippen MR) is 81.9 cm³/mol. The lowest BCUT2D eigenvalue weighted by molar-refractivity contribution is 0.0247. The molecule has 1 atom stereocenters. The molecule has 5 nitrogen and oxygen atoms in total. The molecule has 2 N–H and O–H groups in total. The van der Waals surface area contributed by atoms with E-state index in [1.807, 2.05) is 12.1 Å². The molecule has 1 unspecified atom stereocenters. The van der Waals surface area contributed by atoms with Gasteiger partial charge >= 0.3 is 0 Å². The molecule has 0 aromatic heterocycles. The first kappa shape index (κ1) is 14.8. The standard InChI is InChI=1S/C15H22N2O3S/c18-21(19,17-12-8-9-12)15-7-2-1-6-14(15)16-11-13-5-3-4-10-20-13/h1-2,6-7,12-13,16-17H,3-5,8-11H2. The van der Waals surface area contributed by atoms with Crippen LogP contribution in [-0.2, 0) is 14.8 Å². The zero-order chi connectivity index (χ0) is 14.7. The zero-order valence-corrected chi connectivity index (χ0v) is 12.9. The van der Waals surface area contributed by atoms with E-state index in [4.69, 9.17) is 4.74 Å². The maximum absolute atomic E-state index is 12.4. The Morgan fingerprint density at radius 1 is 1.14 bits per heavy atom. The van der Waals surface area contributed by atoms with Gasteiger partial charge in [-0.2, -0.15) is 0 Å². The lowest BCUT2D eigenvalue weighted by Crippen LogP contribution is -2.29. The van der Waals surface area contributed by atoms with Crippen molar-refractivity contribution in [1.29, 1.82) is 0 Å². The molecule has 0 amide bonds. The van der Waals surface area contributed by atoms with E-state index in [2.05, 4.69) is 10.0 Å². The van der Waals surface area contributed by atoms with Crippen LogP contribution >= 0.6 is 0 Å². The topological polar surface area (TPSA) is 67.4 Å². The predicted octanol–water partition coefficient (Wildman–Crippen LogP) is 2.11. The molecule has 0 spiro atoms. The molecular formula is C15H22N2O3S. The van der Waals surface area contributed by atoms with Crippen LogP contribution < -0.4 is 10.0 Å². The van der Waals surface area contributed by atoms with Gasteiger partial charge in [0.15, 0.2) is 0 Å². The van der Waals surface area contributed by atoms with Crippen LogP contribution in [0.1, 0.15) is 32.1 Å². The molecule has 0 radical (unpaired) electrons. The van der Waals surface area contributed by atoms with E-state index in [-0.39, 0.29) is 12.1 Å². The van der Waals surface area contributed by atoms with Crippen LogP contribution in [0.25, 0.3) is 0 Å². The summed E-state index contributed by atoms with van der Waals surface area (Å²) in [6.07, 6.45) is 5.37. The van der Waals surface area contributed by atoms with Gasteiger partial charge in [0.25, 0.3) is 0 Å². The third kappa shape index (κ3) is 3.96. The Kier molecular flexibility index (Phi) is 4.47. The van der Waals surface area contributed by atoms with Crippen molar-refractivity contribution in [3.63, 3.8) is 0 Å². The second-order valence-electron chi connectivity index (χ2n) is 5.76. The summed E-state index contributed by atoms with van der Waals surface area (Å²) in [4.78, 5) is 0.327. The van der Waals surface area contributed by atoms with Crippen LogP contribution in [0.5, 0.6) is 0 Å². The maximum Gasteiger partial charge on any atom is 0.242 e. The molecule has 1 aromatic rings. The average Bonchev–Trinajstić information content (AvgIpc) is 3.30. The lowest BCUT2D eigenvalue weighted by atomic mass is 10.1. The largest absolute Gasteiger partial charge is 0.381 e. The lowest BCUT2D eigenvalue weighted by Gasteiger charge is -2.23. The fourth-order valence-electron chi connectivity index (χ4n) is 2.52. The number of sulfonamides is 1. The summed E-state index contributed by atoms with van der Waals surface area (Å²) in [6.45, 7) is 1.45. The van der Waals surface area contributed by atoms with Crippen LogP contribution in [0.4, 0.5) is 5.69 Å². The Bertz CT molecular complexity index is 578. The van der Waals surface area contributed by atoms with Gasteiger partial charge in [-0.15, -0.1) is 0 Å². The highest BCUT2D eigenvalue weighted by atomic mass is 32.2. The van der Waals surface area contributed by atoms with Crippen molar-refractivity contribution in [1.82, 2.24) is 4.72 Å². The maximum atomic E-state index is 12.4. The molecule has 1 aromatic carbocycles. The van der Waals surface area contributed by atoms with E-state index < -0.39 is 10.0 Å². The second-order valence-corrected chi connectivity index (χ2v) is 7.44. The van der Waals surface area contributed by atoms with Crippen LogP contribution in [-0.4, -0.2) is 33.7 Å². The van der Waals surface area contributed by atoms with Crippen molar-refractivity contribution >= 4 is 15.7 Å². The van der Waals surface area contributed by atoms with Gasteiger partial charge in [-0.25, -0.2) is 13.1 Å². The SMILES string of the molecule is O=S(=O)(NC1CC1)c1ccccc1NCC1CCCCO1. The fourth-order valence-corrected chi connectivity index (χ4v) is 4.01. The minimum Gasteiger partial charge on any atom is -0.381 e. The summed E-state index contributed by atoms with van der Waals surface area (Å²) in [6, 6.07) is 7.17. The van der Waals surface area contributed by atoms with Crippen molar-refractivity contribution < 1.29 is 13.2 Å². The first-order chi connectivity index (χ1) is 10.1. The Balaban J connectivity index is 1.69. The monoisotopic (exact) mass is 310 g/mol. The van der Waals surface area contributed by atoms with Gasteiger partial charge in [-0.05, 0) is 44.2 Å². The summed E-state index contributed by atoms with van der Waals surface area (Å²) >= 11 is 0. The van der Waals surface area contributed by atoms with E-state index in [1.54, 1.807) is 12.1 Å². The van der Waals surface area contributed by atoms with E-state index in [0.29, 0.717) is 17.1 Å². The first-order valence-electron chi connectivity index (χ1n) is 7.62. The van der Waals surface area contributed by atoms with Crippen LogP contribution in [0.3, 0.4) is 0 Å². The molecule has 1 heterocycles. The Morgan fingerprint density at radius 3 is 2.67 bits per heavy atom. The number of benzene rings is 1. The number of rotatable bonds is 6. The Hall–Kier alpha value is -1.11. The highest BCUT2D eigenvalue weighted by Crippen LogP contribution is 2.26. The third-order valence-corrected chi connectivity index (χ3v) is 5.45. The molecular weight excluding hydrogens is 288 g/mol. The van der Waals surface area contributed by atoms with Gasteiger partial charge in [0.1, 0.15) is 4.90 Å². The van der Waals surface area contributed by atoms with Gasteiger partial charge in [0.05, 0.1) is 11.8 Å². The van der Waals surface area contributed by atoms with Crippen molar-refractivity contribution in [3.05, 3.63) is 24.3 Å². The fraction of sp³-hybridized carbons (Fsp3) is 0.600. The van der Waals surface area contributed by atoms with Crippen LogP contribution in [0, 0.1) is 0 Å². The van der Waals surface area contributed by atoms with Gasteiger partial charge in [0.2, 0.25) is 10.0 Å². The van der Waals surface area contributed by atoms with Crippen molar-refractivity contribution in [2.75, 3.05) is 18.5 Å². The molecule has 1 aliphatic carbocycles. The molecule has 1 saturated heterocycles. The van der Waals surface area contributed by atoms with E-state index in [1.165, 1.54) is 6.42 Å². The molecule has 3 rings (SSSR count). The molecule has 2 fully saturated rings. The first-order valence-corrected chi connectivity index (χ1v) is 9.10. The van der Waals surface area contributed by atoms with Crippen molar-refractivity contribution in [3.8, 4) is 0 Å². The normalized spacial score (nSPS) is 23.0. The zero-order valence-electron chi connectivity index (χ0n) is 12.0. The van der Waals surface area contributed by atoms with E-state index >= 15 is 0 Å². The van der Waals surface area contributed by atoms with E-state index in [0.717, 1.165) is 32.3 Å². The van der Waals surface area contributed by atoms with Crippen LogP contribution in [0.2, 0.25) is 0 Å². The Labute approximate surface area is 126 Å². The summed E-state index contributed by atoms with van der Waals surface area (Å²) in [5.74, 6) is 0. The number of hydrogen-bond donors (Lipinski definition) is 2. The summed E-state index contributed by atoms with van der Waals surface area (Å²) in [7, 11) is -3.43. The Morgan fingerprint density at radius 2 is 1.95 bits per heavy atom. The number of nitrogens with one attached hydrogen (secondary N) is 2. The smallest absolute Gasteiger partial charge is 0.242 e. The highest BCUT2D eigenvalue weighted by Gasteiger charge is 2.29. The summed E-state index contributed by atoms with van der Waals surface area (Å²) in [5, 5.41) is 3.24. The minimum absolute atomic E-state index is 0.115. The molecule has 6 heteroatoms.